The molecule has 0 saturated heterocycles. The molecule has 228 valence electrons. The molecule has 6 aromatic carbocycles. The van der Waals surface area contributed by atoms with Gasteiger partial charge in [0.1, 0.15) is 6.07 Å². The molecule has 0 N–H and O–H groups in total. The summed E-state index contributed by atoms with van der Waals surface area (Å²) in [6.07, 6.45) is 0. The average Bonchev–Trinajstić information content (AvgIpc) is 3.15. The van der Waals surface area contributed by atoms with Crippen molar-refractivity contribution in [3.05, 3.63) is 168 Å². The van der Waals surface area contributed by atoms with Gasteiger partial charge < -0.3 is 0 Å². The molecule has 0 aliphatic carbocycles. The summed E-state index contributed by atoms with van der Waals surface area (Å²) in [4.78, 5) is 12.6. The van der Waals surface area contributed by atoms with Crippen LogP contribution in [0.5, 0.6) is 0 Å². The summed E-state index contributed by atoms with van der Waals surface area (Å²) in [6, 6.07) is 55.1. The molecule has 2 heterocycles. The molecule has 8 rings (SSSR count). The Hall–Kier alpha value is -5.76. The first kappa shape index (κ1) is 29.6. The molecular formula is C44H31N3S. The zero-order chi connectivity index (χ0) is 32.7. The van der Waals surface area contributed by atoms with Gasteiger partial charge in [0, 0.05) is 31.9 Å². The monoisotopic (exact) mass is 633 g/mol. The van der Waals surface area contributed by atoms with E-state index in [0.29, 0.717) is 5.82 Å². The van der Waals surface area contributed by atoms with E-state index in [1.807, 2.05) is 24.3 Å². The van der Waals surface area contributed by atoms with Gasteiger partial charge in [-0.3, -0.25) is 0 Å². The van der Waals surface area contributed by atoms with Crippen LogP contribution in [-0.2, 0) is 5.41 Å². The number of hydrogen-bond acceptors (Lipinski definition) is 4. The van der Waals surface area contributed by atoms with E-state index < -0.39 is 0 Å². The Labute approximate surface area is 285 Å². The molecule has 4 heteroatoms. The standard InChI is InChI=1S/C44H31N3S/c1-44(2)37-21-11-20-36(28-45)42(37)48-41-23-22-35(26-38(41)44)43-46-39(33-18-9-16-31(24-33)29-12-5-3-6-13-29)27-40(47-43)34-19-10-17-32(25-34)30-14-7-4-8-15-30/h3-27H,1-2H3. The summed E-state index contributed by atoms with van der Waals surface area (Å²) in [6.45, 7) is 4.48. The second-order valence-electron chi connectivity index (χ2n) is 12.6. The Morgan fingerprint density at radius 3 is 1.62 bits per heavy atom. The van der Waals surface area contributed by atoms with Crippen LogP contribution >= 0.6 is 11.8 Å². The average molecular weight is 634 g/mol. The lowest BCUT2D eigenvalue weighted by Gasteiger charge is -2.35. The molecule has 7 aromatic rings. The largest absolute Gasteiger partial charge is 0.228 e. The number of hydrogen-bond donors (Lipinski definition) is 0. The number of nitrogens with zero attached hydrogens (tertiary/aromatic N) is 3. The lowest BCUT2D eigenvalue weighted by Crippen LogP contribution is -2.24. The van der Waals surface area contributed by atoms with Gasteiger partial charge in [0.25, 0.3) is 0 Å². The van der Waals surface area contributed by atoms with Crippen LogP contribution in [0.3, 0.4) is 0 Å². The molecule has 48 heavy (non-hydrogen) atoms. The van der Waals surface area contributed by atoms with Crippen LogP contribution in [0.25, 0.3) is 56.2 Å². The van der Waals surface area contributed by atoms with Crippen LogP contribution in [0, 0.1) is 11.3 Å². The van der Waals surface area contributed by atoms with E-state index in [0.717, 1.165) is 54.6 Å². The van der Waals surface area contributed by atoms with Crippen LogP contribution < -0.4 is 0 Å². The first-order valence-electron chi connectivity index (χ1n) is 16.0. The highest BCUT2D eigenvalue weighted by atomic mass is 32.2. The predicted molar refractivity (Wildman–Crippen MR) is 197 cm³/mol. The second kappa shape index (κ2) is 12.1. The Bertz CT molecular complexity index is 2250. The lowest BCUT2D eigenvalue weighted by molar-refractivity contribution is 0.607. The molecule has 0 amide bonds. The molecule has 1 aromatic heterocycles. The summed E-state index contributed by atoms with van der Waals surface area (Å²) in [7, 11) is 0. The number of nitriles is 1. The van der Waals surface area contributed by atoms with E-state index >= 15 is 0 Å². The van der Waals surface area contributed by atoms with Crippen molar-refractivity contribution >= 4 is 11.8 Å². The maximum atomic E-state index is 9.83. The van der Waals surface area contributed by atoms with Crippen molar-refractivity contribution in [1.29, 1.82) is 5.26 Å². The number of aromatic nitrogens is 2. The van der Waals surface area contributed by atoms with E-state index in [1.165, 1.54) is 22.3 Å². The quantitative estimate of drug-likeness (QED) is 0.189. The molecule has 3 nitrogen and oxygen atoms in total. The Morgan fingerprint density at radius 2 is 1.04 bits per heavy atom. The van der Waals surface area contributed by atoms with Gasteiger partial charge in [0.05, 0.1) is 17.0 Å². The third-order valence-corrected chi connectivity index (χ3v) is 10.4. The van der Waals surface area contributed by atoms with Crippen LogP contribution in [0.1, 0.15) is 30.5 Å². The Morgan fingerprint density at radius 1 is 0.500 bits per heavy atom. The van der Waals surface area contributed by atoms with E-state index in [1.54, 1.807) is 11.8 Å². The molecule has 0 bridgehead atoms. The minimum atomic E-state index is -0.298. The highest BCUT2D eigenvalue weighted by Gasteiger charge is 2.34. The van der Waals surface area contributed by atoms with Crippen LogP contribution in [0.4, 0.5) is 0 Å². The smallest absolute Gasteiger partial charge is 0.160 e. The number of fused-ring (bicyclic) bond motifs is 2. The van der Waals surface area contributed by atoms with Crippen molar-refractivity contribution in [2.45, 2.75) is 29.1 Å². The van der Waals surface area contributed by atoms with Gasteiger partial charge in [-0.25, -0.2) is 9.97 Å². The summed E-state index contributed by atoms with van der Waals surface area (Å²) in [5.41, 5.74) is 12.2. The topological polar surface area (TPSA) is 49.6 Å². The minimum Gasteiger partial charge on any atom is -0.228 e. The third-order valence-electron chi connectivity index (χ3n) is 9.19. The van der Waals surface area contributed by atoms with Gasteiger partial charge in [-0.15, -0.1) is 0 Å². The normalized spacial score (nSPS) is 12.9. The zero-order valence-corrected chi connectivity index (χ0v) is 27.5. The lowest BCUT2D eigenvalue weighted by atomic mass is 9.76. The fourth-order valence-electron chi connectivity index (χ4n) is 6.58. The summed E-state index contributed by atoms with van der Waals surface area (Å²) in [5.74, 6) is 0.679. The molecule has 0 radical (unpaired) electrons. The Balaban J connectivity index is 1.28. The first-order valence-corrected chi connectivity index (χ1v) is 16.9. The minimum absolute atomic E-state index is 0.298. The van der Waals surface area contributed by atoms with E-state index in [-0.39, 0.29) is 5.41 Å². The van der Waals surface area contributed by atoms with Crippen LogP contribution in [-0.4, -0.2) is 9.97 Å². The van der Waals surface area contributed by atoms with Gasteiger partial charge in [-0.05, 0) is 69.8 Å². The van der Waals surface area contributed by atoms with Crippen molar-refractivity contribution in [1.82, 2.24) is 9.97 Å². The summed E-state index contributed by atoms with van der Waals surface area (Å²) < 4.78 is 0. The van der Waals surface area contributed by atoms with Crippen LogP contribution in [0.2, 0.25) is 0 Å². The van der Waals surface area contributed by atoms with Crippen molar-refractivity contribution in [2.24, 2.45) is 0 Å². The molecule has 1 aliphatic rings. The van der Waals surface area contributed by atoms with E-state index in [4.69, 9.17) is 9.97 Å². The van der Waals surface area contributed by atoms with Gasteiger partial charge >= 0.3 is 0 Å². The molecule has 1 aliphatic heterocycles. The maximum Gasteiger partial charge on any atom is 0.160 e. The highest BCUT2D eigenvalue weighted by molar-refractivity contribution is 7.99. The van der Waals surface area contributed by atoms with Gasteiger partial charge in [-0.2, -0.15) is 5.26 Å². The third kappa shape index (κ3) is 5.39. The molecule has 0 atom stereocenters. The van der Waals surface area contributed by atoms with Gasteiger partial charge in [0.2, 0.25) is 0 Å². The fourth-order valence-corrected chi connectivity index (χ4v) is 8.02. The molecule has 0 unspecified atom stereocenters. The molecule has 0 saturated carbocycles. The fraction of sp³-hybridized carbons (Fsp3) is 0.0682. The second-order valence-corrected chi connectivity index (χ2v) is 13.6. The number of benzene rings is 6. The van der Waals surface area contributed by atoms with Gasteiger partial charge in [-0.1, -0.05) is 141 Å². The van der Waals surface area contributed by atoms with E-state index in [9.17, 15) is 5.26 Å². The zero-order valence-electron chi connectivity index (χ0n) is 26.7. The van der Waals surface area contributed by atoms with Crippen LogP contribution in [0.15, 0.2) is 161 Å². The molecule has 0 spiro atoms. The maximum absolute atomic E-state index is 9.83. The van der Waals surface area contributed by atoms with Crippen molar-refractivity contribution in [3.63, 3.8) is 0 Å². The summed E-state index contributed by atoms with van der Waals surface area (Å²) >= 11 is 1.68. The van der Waals surface area contributed by atoms with E-state index in [2.05, 4.69) is 147 Å². The number of rotatable bonds is 5. The first-order chi connectivity index (χ1) is 23.5. The SMILES string of the molecule is CC1(C)c2cc(-c3nc(-c4cccc(-c5ccccc5)c4)cc(-c4cccc(-c5ccccc5)c4)n3)ccc2Sc2c(C#N)cccc21. The van der Waals surface area contributed by atoms with Gasteiger partial charge in [0.15, 0.2) is 5.82 Å². The summed E-state index contributed by atoms with van der Waals surface area (Å²) in [5, 5.41) is 9.83. The Kier molecular flexibility index (Phi) is 7.48. The highest BCUT2D eigenvalue weighted by Crippen LogP contribution is 2.51. The van der Waals surface area contributed by atoms with Crippen molar-refractivity contribution in [2.75, 3.05) is 0 Å². The molecular weight excluding hydrogens is 603 g/mol. The molecule has 0 fully saturated rings. The van der Waals surface area contributed by atoms with Crippen molar-refractivity contribution < 1.29 is 0 Å². The van der Waals surface area contributed by atoms with Crippen molar-refractivity contribution in [3.8, 4) is 62.2 Å². The predicted octanol–water partition coefficient (Wildman–Crippen LogP) is 11.5.